The van der Waals surface area contributed by atoms with Crippen LogP contribution in [0.4, 0.5) is 11.4 Å². The van der Waals surface area contributed by atoms with Gasteiger partial charge in [-0.15, -0.1) is 11.3 Å². The third-order valence-corrected chi connectivity index (χ3v) is 4.09. The molecule has 1 aromatic carbocycles. The average Bonchev–Trinajstić information content (AvgIpc) is 2.92. The monoisotopic (exact) mass is 248 g/mol. The van der Waals surface area contributed by atoms with Gasteiger partial charge in [0.2, 0.25) is 0 Å². The number of nitrogen functional groups attached to an aromatic ring is 1. The molecule has 3 N–H and O–H groups in total. The summed E-state index contributed by atoms with van der Waals surface area (Å²) in [6, 6.07) is 4.65. The smallest absolute Gasteiger partial charge is 0.106 e. The van der Waals surface area contributed by atoms with Gasteiger partial charge in [-0.2, -0.15) is 0 Å². The van der Waals surface area contributed by atoms with Crippen LogP contribution >= 0.6 is 11.3 Å². The summed E-state index contributed by atoms with van der Waals surface area (Å²) in [7, 11) is 2.15. The molecule has 0 bridgehead atoms. The number of aromatic nitrogens is 1. The Kier molecular flexibility index (Phi) is 2.64. The number of likely N-dealkylation sites (N-methyl/N-ethyl adjacent to an activating group) is 1. The summed E-state index contributed by atoms with van der Waals surface area (Å²) in [6.07, 6.45) is 1.17. The van der Waals surface area contributed by atoms with Crippen molar-refractivity contribution in [2.24, 2.45) is 0 Å². The molecule has 2 aromatic rings. The Hall–Kier alpha value is -1.33. The third-order valence-electron chi connectivity index (χ3n) is 3.29. The minimum atomic E-state index is 0.499. The van der Waals surface area contributed by atoms with Gasteiger partial charge in [0, 0.05) is 12.6 Å². The second kappa shape index (κ2) is 4.16. The van der Waals surface area contributed by atoms with E-state index >= 15 is 0 Å². The maximum absolute atomic E-state index is 6.14. The molecule has 0 amide bonds. The number of fused-ring (bicyclic) bond motifs is 1. The van der Waals surface area contributed by atoms with Gasteiger partial charge in [0.1, 0.15) is 5.52 Å². The molecule has 1 unspecified atom stereocenters. The molecule has 3 rings (SSSR count). The van der Waals surface area contributed by atoms with Crippen LogP contribution in [0.3, 0.4) is 0 Å². The highest BCUT2D eigenvalue weighted by atomic mass is 32.1. The van der Waals surface area contributed by atoms with Gasteiger partial charge in [0.15, 0.2) is 0 Å². The van der Waals surface area contributed by atoms with Gasteiger partial charge in [-0.05, 0) is 32.1 Å². The van der Waals surface area contributed by atoms with Crippen LogP contribution in [0.5, 0.6) is 0 Å². The Morgan fingerprint density at radius 2 is 2.41 bits per heavy atom. The number of hydrogen-bond donors (Lipinski definition) is 2. The van der Waals surface area contributed by atoms with E-state index in [0.717, 1.165) is 34.7 Å². The number of likely N-dealkylation sites (tertiary alicyclic amines) is 1. The predicted octanol–water partition coefficient (Wildman–Crippen LogP) is 1.99. The van der Waals surface area contributed by atoms with Crippen molar-refractivity contribution in [3.05, 3.63) is 17.6 Å². The standard InChI is InChI=1S/C12H16N4S/c1-16-5-4-8(6-16)15-9-2-3-10-12(11(9)13)14-7-17-10/h2-3,7-8,15H,4-6,13H2,1H3. The van der Waals surface area contributed by atoms with Gasteiger partial charge >= 0.3 is 0 Å². The minimum Gasteiger partial charge on any atom is -0.395 e. The molecule has 2 heterocycles. The first-order valence-electron chi connectivity index (χ1n) is 5.81. The summed E-state index contributed by atoms with van der Waals surface area (Å²) in [4.78, 5) is 6.64. The molecule has 1 fully saturated rings. The van der Waals surface area contributed by atoms with Crippen LogP contribution in [0.2, 0.25) is 0 Å². The highest BCUT2D eigenvalue weighted by molar-refractivity contribution is 7.16. The number of nitrogens with zero attached hydrogens (tertiary/aromatic N) is 2. The Morgan fingerprint density at radius 1 is 1.53 bits per heavy atom. The van der Waals surface area contributed by atoms with Crippen molar-refractivity contribution in [2.45, 2.75) is 12.5 Å². The molecular weight excluding hydrogens is 232 g/mol. The van der Waals surface area contributed by atoms with E-state index in [1.54, 1.807) is 11.3 Å². The number of thiazole rings is 1. The van der Waals surface area contributed by atoms with Crippen molar-refractivity contribution in [3.8, 4) is 0 Å². The zero-order valence-electron chi connectivity index (χ0n) is 9.81. The van der Waals surface area contributed by atoms with Crippen LogP contribution in [-0.2, 0) is 0 Å². The van der Waals surface area contributed by atoms with Gasteiger partial charge in [0.05, 0.1) is 21.6 Å². The largest absolute Gasteiger partial charge is 0.395 e. The molecular formula is C12H16N4S. The summed E-state index contributed by atoms with van der Waals surface area (Å²) in [5.41, 5.74) is 10.7. The van der Waals surface area contributed by atoms with Crippen molar-refractivity contribution in [2.75, 3.05) is 31.2 Å². The second-order valence-electron chi connectivity index (χ2n) is 4.62. The van der Waals surface area contributed by atoms with Crippen molar-refractivity contribution in [3.63, 3.8) is 0 Å². The zero-order chi connectivity index (χ0) is 11.8. The fourth-order valence-electron chi connectivity index (χ4n) is 2.35. The first kappa shape index (κ1) is 10.8. The zero-order valence-corrected chi connectivity index (χ0v) is 10.6. The molecule has 1 atom stereocenters. The quantitative estimate of drug-likeness (QED) is 0.798. The molecule has 4 nitrogen and oxygen atoms in total. The lowest BCUT2D eigenvalue weighted by molar-refractivity contribution is 0.414. The molecule has 1 aliphatic rings. The average molecular weight is 248 g/mol. The molecule has 0 saturated carbocycles. The fourth-order valence-corrected chi connectivity index (χ4v) is 3.04. The van der Waals surface area contributed by atoms with Crippen LogP contribution in [0.1, 0.15) is 6.42 Å². The lowest BCUT2D eigenvalue weighted by Crippen LogP contribution is -2.23. The summed E-state index contributed by atoms with van der Waals surface area (Å²) >= 11 is 1.63. The lowest BCUT2D eigenvalue weighted by Gasteiger charge is -2.16. The van der Waals surface area contributed by atoms with Gasteiger partial charge in [-0.1, -0.05) is 0 Å². The predicted molar refractivity (Wildman–Crippen MR) is 73.6 cm³/mol. The Balaban J connectivity index is 1.87. The number of benzene rings is 1. The van der Waals surface area contributed by atoms with E-state index in [4.69, 9.17) is 5.73 Å². The molecule has 17 heavy (non-hydrogen) atoms. The normalized spacial score (nSPS) is 21.1. The van der Waals surface area contributed by atoms with Crippen LogP contribution < -0.4 is 11.1 Å². The van der Waals surface area contributed by atoms with Gasteiger partial charge in [-0.25, -0.2) is 4.98 Å². The first-order chi connectivity index (χ1) is 8.24. The Morgan fingerprint density at radius 3 is 3.18 bits per heavy atom. The number of nitrogens with one attached hydrogen (secondary N) is 1. The summed E-state index contributed by atoms with van der Waals surface area (Å²) in [5.74, 6) is 0. The summed E-state index contributed by atoms with van der Waals surface area (Å²) in [6.45, 7) is 2.23. The second-order valence-corrected chi connectivity index (χ2v) is 5.50. The molecule has 0 spiro atoms. The van der Waals surface area contributed by atoms with Crippen molar-refractivity contribution >= 4 is 32.9 Å². The lowest BCUT2D eigenvalue weighted by atomic mass is 10.2. The van der Waals surface area contributed by atoms with Gasteiger partial charge < -0.3 is 16.0 Å². The van der Waals surface area contributed by atoms with E-state index in [1.807, 2.05) is 5.51 Å². The fraction of sp³-hybridized carbons (Fsp3) is 0.417. The van der Waals surface area contributed by atoms with E-state index in [1.165, 1.54) is 6.42 Å². The van der Waals surface area contributed by atoms with Gasteiger partial charge in [-0.3, -0.25) is 0 Å². The first-order valence-corrected chi connectivity index (χ1v) is 6.69. The summed E-state index contributed by atoms with van der Waals surface area (Å²) in [5, 5.41) is 3.52. The highest BCUT2D eigenvalue weighted by Gasteiger charge is 2.20. The van der Waals surface area contributed by atoms with Crippen LogP contribution in [0.15, 0.2) is 17.6 Å². The maximum Gasteiger partial charge on any atom is 0.106 e. The third kappa shape index (κ3) is 1.96. The van der Waals surface area contributed by atoms with Crippen LogP contribution in [0, 0.1) is 0 Å². The van der Waals surface area contributed by atoms with Crippen molar-refractivity contribution in [1.29, 1.82) is 0 Å². The number of anilines is 2. The van der Waals surface area contributed by atoms with E-state index < -0.39 is 0 Å². The van der Waals surface area contributed by atoms with E-state index in [2.05, 4.69) is 34.4 Å². The number of nitrogens with two attached hydrogens (primary N) is 1. The maximum atomic E-state index is 6.14. The van der Waals surface area contributed by atoms with E-state index in [0.29, 0.717) is 6.04 Å². The molecule has 90 valence electrons. The van der Waals surface area contributed by atoms with Crippen LogP contribution in [0.25, 0.3) is 10.2 Å². The molecule has 0 aliphatic carbocycles. The molecule has 5 heteroatoms. The molecule has 0 radical (unpaired) electrons. The number of hydrogen-bond acceptors (Lipinski definition) is 5. The SMILES string of the molecule is CN1CCC(Nc2ccc3scnc3c2N)C1. The summed E-state index contributed by atoms with van der Waals surface area (Å²) < 4.78 is 1.15. The number of rotatable bonds is 2. The van der Waals surface area contributed by atoms with E-state index in [9.17, 15) is 0 Å². The molecule has 1 aromatic heterocycles. The molecule has 1 aliphatic heterocycles. The Labute approximate surface area is 104 Å². The minimum absolute atomic E-state index is 0.499. The topological polar surface area (TPSA) is 54.2 Å². The highest BCUT2D eigenvalue weighted by Crippen LogP contribution is 2.31. The van der Waals surface area contributed by atoms with Crippen molar-refractivity contribution < 1.29 is 0 Å². The van der Waals surface area contributed by atoms with Crippen molar-refractivity contribution in [1.82, 2.24) is 9.88 Å². The van der Waals surface area contributed by atoms with Crippen LogP contribution in [-0.4, -0.2) is 36.1 Å². The van der Waals surface area contributed by atoms with E-state index in [-0.39, 0.29) is 0 Å². The Bertz CT molecular complexity index is 536. The molecule has 1 saturated heterocycles. The van der Waals surface area contributed by atoms with Gasteiger partial charge in [0.25, 0.3) is 0 Å².